The van der Waals surface area contributed by atoms with Crippen LogP contribution in [0, 0.1) is 5.82 Å². The number of likely N-dealkylation sites (tertiary alicyclic amines) is 1. The highest BCUT2D eigenvalue weighted by Gasteiger charge is 2.30. The van der Waals surface area contributed by atoms with Crippen molar-refractivity contribution in [1.29, 1.82) is 0 Å². The number of urea groups is 1. The number of carbonyl (C=O) groups excluding carboxylic acids is 1. The van der Waals surface area contributed by atoms with E-state index in [2.05, 4.69) is 15.4 Å². The van der Waals surface area contributed by atoms with Crippen molar-refractivity contribution >= 4 is 29.5 Å². The molecule has 1 N–H and O–H groups in total. The highest BCUT2D eigenvalue weighted by atomic mass is 19.1. The normalized spacial score (nSPS) is 15.5. The third-order valence-corrected chi connectivity index (χ3v) is 3.43. The molecule has 24 heavy (non-hydrogen) atoms. The van der Waals surface area contributed by atoms with Crippen molar-refractivity contribution in [2.45, 2.75) is 26.4 Å². The van der Waals surface area contributed by atoms with Crippen molar-refractivity contribution in [3.8, 4) is 0 Å². The average Bonchev–Trinajstić information content (AvgIpc) is 2.51. The number of alkyl halides is 1. The molecule has 2 rings (SSSR count). The molecule has 1 fully saturated rings. The molecule has 0 saturated carbocycles. The predicted molar refractivity (Wildman–Crippen MR) is 92.2 cm³/mol. The van der Waals surface area contributed by atoms with Crippen LogP contribution in [0.2, 0.25) is 0 Å². The van der Waals surface area contributed by atoms with Gasteiger partial charge >= 0.3 is 6.03 Å². The zero-order valence-electron chi connectivity index (χ0n) is 14.0. The molecule has 1 heterocycles. The maximum absolute atomic E-state index is 14.0. The van der Waals surface area contributed by atoms with Gasteiger partial charge in [-0.05, 0) is 31.5 Å². The van der Waals surface area contributed by atoms with E-state index in [1.807, 2.05) is 6.92 Å². The van der Waals surface area contributed by atoms with Gasteiger partial charge in [-0.25, -0.2) is 18.6 Å². The number of nitrogens with zero attached hydrogens (tertiary/aromatic N) is 4. The monoisotopic (exact) mass is 337 g/mol. The summed E-state index contributed by atoms with van der Waals surface area (Å²) in [7, 11) is 1.60. The molecule has 2 amide bonds. The zero-order valence-corrected chi connectivity index (χ0v) is 14.0. The van der Waals surface area contributed by atoms with Gasteiger partial charge in [-0.2, -0.15) is 5.10 Å². The number of anilines is 2. The van der Waals surface area contributed by atoms with E-state index in [0.717, 1.165) is 6.42 Å². The fraction of sp³-hybridized carbons (Fsp3) is 0.438. The first-order valence-electron chi connectivity index (χ1n) is 7.71. The lowest BCUT2D eigenvalue weighted by Crippen LogP contribution is -2.53. The van der Waals surface area contributed by atoms with Crippen LogP contribution in [0.25, 0.3) is 0 Å². The summed E-state index contributed by atoms with van der Waals surface area (Å²) in [5, 5.41) is 8.16. The standard InChI is InChI=1S/C16H21F2N5O/c1-4-7-19-11(2)21-22(3)15-8-13(5-6-14(15)18)20-16(24)23-9-12(17)10-23/h5-8,12H,4,9-10H2,1-3H3,(H,20,24)/b19-7?,21-11+. The van der Waals surface area contributed by atoms with E-state index in [9.17, 15) is 13.6 Å². The molecule has 1 aliphatic rings. The summed E-state index contributed by atoms with van der Waals surface area (Å²) in [5.41, 5.74) is 0.612. The first kappa shape index (κ1) is 17.8. The van der Waals surface area contributed by atoms with Crippen LogP contribution in [0.15, 0.2) is 28.3 Å². The van der Waals surface area contributed by atoms with Gasteiger partial charge < -0.3 is 10.2 Å². The summed E-state index contributed by atoms with van der Waals surface area (Å²) < 4.78 is 26.8. The molecule has 0 atom stereocenters. The predicted octanol–water partition coefficient (Wildman–Crippen LogP) is 3.26. The summed E-state index contributed by atoms with van der Waals surface area (Å²) in [5.74, 6) is 0.0158. The summed E-state index contributed by atoms with van der Waals surface area (Å²) in [6.45, 7) is 3.83. The van der Waals surface area contributed by atoms with Crippen molar-refractivity contribution in [3.05, 3.63) is 24.0 Å². The maximum atomic E-state index is 14.0. The molecule has 130 valence electrons. The van der Waals surface area contributed by atoms with Gasteiger partial charge in [0.15, 0.2) is 0 Å². The van der Waals surface area contributed by atoms with Crippen LogP contribution in [0.1, 0.15) is 20.3 Å². The summed E-state index contributed by atoms with van der Waals surface area (Å²) >= 11 is 0. The van der Waals surface area contributed by atoms with Gasteiger partial charge in [0.2, 0.25) is 0 Å². The van der Waals surface area contributed by atoms with E-state index in [-0.39, 0.29) is 18.8 Å². The molecule has 1 aromatic carbocycles. The number of hydrogen-bond donors (Lipinski definition) is 1. The zero-order chi connectivity index (χ0) is 17.7. The van der Waals surface area contributed by atoms with E-state index in [1.165, 1.54) is 28.1 Å². The van der Waals surface area contributed by atoms with Gasteiger partial charge in [-0.3, -0.25) is 5.01 Å². The molecule has 1 saturated heterocycles. The Morgan fingerprint density at radius 3 is 2.83 bits per heavy atom. The van der Waals surface area contributed by atoms with Crippen LogP contribution in [0.5, 0.6) is 0 Å². The Kier molecular flexibility index (Phi) is 5.83. The van der Waals surface area contributed by atoms with E-state index in [1.54, 1.807) is 20.2 Å². The molecule has 1 aromatic rings. The second-order valence-corrected chi connectivity index (χ2v) is 5.49. The number of hydrazone groups is 1. The number of amidine groups is 1. The fourth-order valence-electron chi connectivity index (χ4n) is 2.15. The SMILES string of the molecule is CCC=N/C(C)=N/N(C)c1cc(NC(=O)N2CC(F)C2)ccc1F. The van der Waals surface area contributed by atoms with Gasteiger partial charge in [-0.1, -0.05) is 6.92 Å². The second kappa shape index (κ2) is 7.85. The van der Waals surface area contributed by atoms with Crippen molar-refractivity contribution in [3.63, 3.8) is 0 Å². The van der Waals surface area contributed by atoms with Crippen LogP contribution in [0.3, 0.4) is 0 Å². The largest absolute Gasteiger partial charge is 0.322 e. The number of halogens is 2. The number of benzene rings is 1. The average molecular weight is 337 g/mol. The molecule has 0 aromatic heterocycles. The third kappa shape index (κ3) is 4.50. The molecular formula is C16H21F2N5O. The summed E-state index contributed by atoms with van der Waals surface area (Å²) in [6, 6.07) is 3.76. The lowest BCUT2D eigenvalue weighted by atomic mass is 10.2. The number of carbonyl (C=O) groups is 1. The Morgan fingerprint density at radius 1 is 1.50 bits per heavy atom. The Labute approximate surface area is 139 Å². The topological polar surface area (TPSA) is 60.3 Å². The number of nitrogens with one attached hydrogen (secondary N) is 1. The Balaban J connectivity index is 2.10. The Hall–Kier alpha value is -2.51. The van der Waals surface area contributed by atoms with Gasteiger partial charge in [0, 0.05) is 18.9 Å². The Bertz CT molecular complexity index is 656. The fourth-order valence-corrected chi connectivity index (χ4v) is 2.15. The maximum Gasteiger partial charge on any atom is 0.322 e. The molecule has 8 heteroatoms. The first-order valence-corrected chi connectivity index (χ1v) is 7.71. The summed E-state index contributed by atoms with van der Waals surface area (Å²) in [4.78, 5) is 17.3. The van der Waals surface area contributed by atoms with Crippen LogP contribution in [0.4, 0.5) is 25.0 Å². The van der Waals surface area contributed by atoms with E-state index in [0.29, 0.717) is 11.5 Å². The smallest absolute Gasteiger partial charge is 0.319 e. The van der Waals surface area contributed by atoms with Crippen LogP contribution < -0.4 is 10.3 Å². The van der Waals surface area contributed by atoms with Crippen molar-refractivity contribution in [1.82, 2.24) is 4.90 Å². The van der Waals surface area contributed by atoms with E-state index < -0.39 is 18.0 Å². The minimum atomic E-state index is -0.966. The summed E-state index contributed by atoms with van der Waals surface area (Å²) in [6.07, 6.45) is 1.53. The lowest BCUT2D eigenvalue weighted by Gasteiger charge is -2.34. The molecule has 0 bridgehead atoms. The van der Waals surface area contributed by atoms with E-state index >= 15 is 0 Å². The van der Waals surface area contributed by atoms with Crippen LogP contribution in [-0.2, 0) is 0 Å². The van der Waals surface area contributed by atoms with Crippen LogP contribution >= 0.6 is 0 Å². The first-order chi connectivity index (χ1) is 11.4. The number of aliphatic imine (C=N–C) groups is 1. The van der Waals surface area contributed by atoms with Gasteiger partial charge in [0.25, 0.3) is 0 Å². The Morgan fingerprint density at radius 2 is 2.21 bits per heavy atom. The third-order valence-electron chi connectivity index (χ3n) is 3.43. The number of rotatable bonds is 4. The molecule has 0 radical (unpaired) electrons. The molecule has 1 aliphatic heterocycles. The van der Waals surface area contributed by atoms with Crippen LogP contribution in [-0.4, -0.2) is 49.3 Å². The lowest BCUT2D eigenvalue weighted by molar-refractivity contribution is 0.0974. The molecular weight excluding hydrogens is 316 g/mol. The minimum Gasteiger partial charge on any atom is -0.319 e. The molecule has 6 nitrogen and oxygen atoms in total. The second-order valence-electron chi connectivity index (χ2n) is 5.49. The molecule has 0 unspecified atom stereocenters. The minimum absolute atomic E-state index is 0.0821. The number of hydrogen-bond acceptors (Lipinski definition) is 3. The van der Waals surface area contributed by atoms with Gasteiger partial charge in [-0.15, -0.1) is 0 Å². The van der Waals surface area contributed by atoms with Crippen molar-refractivity contribution < 1.29 is 13.6 Å². The highest BCUT2D eigenvalue weighted by Crippen LogP contribution is 2.24. The van der Waals surface area contributed by atoms with E-state index in [4.69, 9.17) is 0 Å². The van der Waals surface area contributed by atoms with Gasteiger partial charge in [0.05, 0.1) is 18.8 Å². The quantitative estimate of drug-likeness (QED) is 0.521. The van der Waals surface area contributed by atoms with Crippen molar-refractivity contribution in [2.75, 3.05) is 30.5 Å². The van der Waals surface area contributed by atoms with Crippen molar-refractivity contribution in [2.24, 2.45) is 10.1 Å². The molecule has 0 spiro atoms. The number of amides is 2. The molecule has 0 aliphatic carbocycles. The highest BCUT2D eigenvalue weighted by molar-refractivity contribution is 5.91. The van der Waals surface area contributed by atoms with Gasteiger partial charge in [0.1, 0.15) is 17.8 Å².